The quantitative estimate of drug-likeness (QED) is 0.869. The third-order valence-corrected chi connectivity index (χ3v) is 4.51. The molecule has 0 amide bonds. The topological polar surface area (TPSA) is 46.8 Å². The van der Waals surface area contributed by atoms with E-state index < -0.39 is 0 Å². The lowest BCUT2D eigenvalue weighted by Gasteiger charge is -2.32. The molecule has 0 aliphatic carbocycles. The maximum atomic E-state index is 4.92. The van der Waals surface area contributed by atoms with Gasteiger partial charge < -0.3 is 4.90 Å². The monoisotopic (exact) mass is 301 g/mol. The average Bonchev–Trinajstić information content (AvgIpc) is 2.83. The predicted octanol–water partition coefficient (Wildman–Crippen LogP) is 3.34. The Morgan fingerprint density at radius 1 is 1.23 bits per heavy atom. The predicted molar refractivity (Wildman–Crippen MR) is 90.3 cm³/mol. The Hall–Kier alpha value is -1.65. The fourth-order valence-electron chi connectivity index (χ4n) is 3.42. The summed E-state index contributed by atoms with van der Waals surface area (Å²) >= 11 is 0. The SMILES string of the molecule is CCCc1nc(N2CCC[C@H](C)C2)c2c(n1)c(C)nn2CC. The molecule has 3 heterocycles. The highest BCUT2D eigenvalue weighted by molar-refractivity contribution is 5.88. The van der Waals surface area contributed by atoms with Crippen molar-refractivity contribution < 1.29 is 0 Å². The Morgan fingerprint density at radius 2 is 2.05 bits per heavy atom. The third-order valence-electron chi connectivity index (χ3n) is 4.51. The molecule has 0 saturated carbocycles. The molecule has 5 nitrogen and oxygen atoms in total. The van der Waals surface area contributed by atoms with Crippen molar-refractivity contribution in [3.63, 3.8) is 0 Å². The van der Waals surface area contributed by atoms with Crippen LogP contribution in [0.15, 0.2) is 0 Å². The lowest BCUT2D eigenvalue weighted by molar-refractivity contribution is 0.444. The summed E-state index contributed by atoms with van der Waals surface area (Å²) < 4.78 is 2.06. The smallest absolute Gasteiger partial charge is 0.158 e. The van der Waals surface area contributed by atoms with Crippen LogP contribution in [0.1, 0.15) is 51.6 Å². The van der Waals surface area contributed by atoms with E-state index in [2.05, 4.69) is 42.4 Å². The van der Waals surface area contributed by atoms with Gasteiger partial charge in [-0.25, -0.2) is 9.97 Å². The number of fused-ring (bicyclic) bond motifs is 1. The van der Waals surface area contributed by atoms with Gasteiger partial charge >= 0.3 is 0 Å². The van der Waals surface area contributed by atoms with Gasteiger partial charge in [-0.3, -0.25) is 4.68 Å². The molecule has 1 aliphatic heterocycles. The number of nitrogens with zero attached hydrogens (tertiary/aromatic N) is 5. The van der Waals surface area contributed by atoms with E-state index in [1.807, 2.05) is 0 Å². The van der Waals surface area contributed by atoms with E-state index in [4.69, 9.17) is 9.97 Å². The molecule has 1 aliphatic rings. The Morgan fingerprint density at radius 3 is 2.73 bits per heavy atom. The van der Waals surface area contributed by atoms with Gasteiger partial charge in [-0.2, -0.15) is 5.10 Å². The number of hydrogen-bond acceptors (Lipinski definition) is 4. The van der Waals surface area contributed by atoms with Crippen LogP contribution in [0.3, 0.4) is 0 Å². The highest BCUT2D eigenvalue weighted by atomic mass is 15.3. The highest BCUT2D eigenvalue weighted by Gasteiger charge is 2.23. The molecular weight excluding hydrogens is 274 g/mol. The second-order valence-corrected chi connectivity index (χ2v) is 6.51. The first-order chi connectivity index (χ1) is 10.6. The van der Waals surface area contributed by atoms with Gasteiger partial charge in [0, 0.05) is 26.1 Å². The van der Waals surface area contributed by atoms with E-state index in [-0.39, 0.29) is 0 Å². The van der Waals surface area contributed by atoms with Gasteiger partial charge in [-0.15, -0.1) is 0 Å². The van der Waals surface area contributed by atoms with Gasteiger partial charge in [-0.05, 0) is 39.0 Å². The number of anilines is 1. The van der Waals surface area contributed by atoms with E-state index in [1.165, 1.54) is 12.8 Å². The summed E-state index contributed by atoms with van der Waals surface area (Å²) in [5.41, 5.74) is 3.17. The average molecular weight is 301 g/mol. The molecule has 0 N–H and O–H groups in total. The molecule has 120 valence electrons. The molecule has 1 atom stereocenters. The molecule has 3 rings (SSSR count). The molecular formula is C17H27N5. The van der Waals surface area contributed by atoms with Crippen molar-refractivity contribution in [3.05, 3.63) is 11.5 Å². The van der Waals surface area contributed by atoms with E-state index >= 15 is 0 Å². The van der Waals surface area contributed by atoms with Gasteiger partial charge in [0.15, 0.2) is 5.82 Å². The van der Waals surface area contributed by atoms with Crippen LogP contribution in [0, 0.1) is 12.8 Å². The Kier molecular flexibility index (Phi) is 4.32. The van der Waals surface area contributed by atoms with Crippen molar-refractivity contribution in [2.24, 2.45) is 5.92 Å². The number of rotatable bonds is 4. The van der Waals surface area contributed by atoms with Crippen molar-refractivity contribution in [2.75, 3.05) is 18.0 Å². The molecule has 0 aromatic carbocycles. The standard InChI is InChI=1S/C17H27N5/c1-5-8-14-18-15-13(4)20-22(6-2)16(15)17(19-14)21-10-7-9-12(3)11-21/h12H,5-11H2,1-4H3/t12-/m0/s1. The van der Waals surface area contributed by atoms with Gasteiger partial charge in [0.05, 0.1) is 5.69 Å². The summed E-state index contributed by atoms with van der Waals surface area (Å²) in [4.78, 5) is 12.2. The number of aryl methyl sites for hydroxylation is 3. The maximum absolute atomic E-state index is 4.92. The molecule has 0 unspecified atom stereocenters. The number of hydrogen-bond donors (Lipinski definition) is 0. The number of aromatic nitrogens is 4. The van der Waals surface area contributed by atoms with Crippen molar-refractivity contribution in [3.8, 4) is 0 Å². The van der Waals surface area contributed by atoms with Crippen LogP contribution < -0.4 is 4.90 Å². The molecule has 0 radical (unpaired) electrons. The van der Waals surface area contributed by atoms with Gasteiger partial charge in [0.1, 0.15) is 16.9 Å². The van der Waals surface area contributed by atoms with Crippen LogP contribution >= 0.6 is 0 Å². The highest BCUT2D eigenvalue weighted by Crippen LogP contribution is 2.29. The molecule has 2 aromatic rings. The van der Waals surface area contributed by atoms with Crippen molar-refractivity contribution in [1.82, 2.24) is 19.7 Å². The fraction of sp³-hybridized carbons (Fsp3) is 0.706. The second-order valence-electron chi connectivity index (χ2n) is 6.51. The van der Waals surface area contributed by atoms with Crippen molar-refractivity contribution >= 4 is 16.9 Å². The van der Waals surface area contributed by atoms with Crippen LogP contribution in [0.4, 0.5) is 5.82 Å². The molecule has 2 aromatic heterocycles. The lowest BCUT2D eigenvalue weighted by atomic mass is 10.0. The first kappa shape index (κ1) is 15.3. The molecule has 0 spiro atoms. The van der Waals surface area contributed by atoms with Crippen LogP contribution in [0.2, 0.25) is 0 Å². The Bertz CT molecular complexity index is 661. The summed E-state index contributed by atoms with van der Waals surface area (Å²) in [6.45, 7) is 11.7. The summed E-state index contributed by atoms with van der Waals surface area (Å²) in [5, 5.41) is 4.67. The van der Waals surface area contributed by atoms with Crippen LogP contribution in [-0.4, -0.2) is 32.8 Å². The van der Waals surface area contributed by atoms with Crippen molar-refractivity contribution in [1.29, 1.82) is 0 Å². The largest absolute Gasteiger partial charge is 0.354 e. The minimum atomic E-state index is 0.729. The fourth-order valence-corrected chi connectivity index (χ4v) is 3.42. The molecule has 0 bridgehead atoms. The minimum absolute atomic E-state index is 0.729. The van der Waals surface area contributed by atoms with E-state index in [9.17, 15) is 0 Å². The zero-order valence-electron chi connectivity index (χ0n) is 14.3. The first-order valence-corrected chi connectivity index (χ1v) is 8.63. The zero-order chi connectivity index (χ0) is 15.7. The van der Waals surface area contributed by atoms with Gasteiger partial charge in [-0.1, -0.05) is 13.8 Å². The van der Waals surface area contributed by atoms with E-state index in [0.717, 1.165) is 66.8 Å². The molecule has 22 heavy (non-hydrogen) atoms. The second kappa shape index (κ2) is 6.23. The third kappa shape index (κ3) is 2.69. The lowest BCUT2D eigenvalue weighted by Crippen LogP contribution is -2.35. The zero-order valence-corrected chi connectivity index (χ0v) is 14.3. The summed E-state index contributed by atoms with van der Waals surface area (Å²) in [6, 6.07) is 0. The van der Waals surface area contributed by atoms with Crippen molar-refractivity contribution in [2.45, 2.75) is 59.9 Å². The molecule has 1 fully saturated rings. The minimum Gasteiger partial charge on any atom is -0.354 e. The maximum Gasteiger partial charge on any atom is 0.158 e. The molecule has 5 heteroatoms. The first-order valence-electron chi connectivity index (χ1n) is 8.63. The number of piperidine rings is 1. The van der Waals surface area contributed by atoms with E-state index in [1.54, 1.807) is 0 Å². The normalized spacial score (nSPS) is 19.1. The van der Waals surface area contributed by atoms with Gasteiger partial charge in [0.2, 0.25) is 0 Å². The van der Waals surface area contributed by atoms with Gasteiger partial charge in [0.25, 0.3) is 0 Å². The summed E-state index contributed by atoms with van der Waals surface area (Å²) in [6.07, 6.45) is 4.57. The Labute approximate surface area is 132 Å². The van der Waals surface area contributed by atoms with E-state index in [0.29, 0.717) is 0 Å². The van der Waals surface area contributed by atoms with Crippen LogP contribution in [0.25, 0.3) is 11.0 Å². The summed E-state index contributed by atoms with van der Waals surface area (Å²) in [5.74, 6) is 2.79. The summed E-state index contributed by atoms with van der Waals surface area (Å²) in [7, 11) is 0. The van der Waals surface area contributed by atoms with Crippen LogP contribution in [0.5, 0.6) is 0 Å². The Balaban J connectivity index is 2.16. The van der Waals surface area contributed by atoms with Crippen LogP contribution in [-0.2, 0) is 13.0 Å². The molecule has 1 saturated heterocycles.